The van der Waals surface area contributed by atoms with E-state index < -0.39 is 23.9 Å². The minimum absolute atomic E-state index is 0.301. The standard InChI is InChI=1S/C42H42N2O10/c1-5-39(45)51-25-9-7-23-49-35-17-11-31(12-18-35)41(47)53-37-21-15-33(27-29(37)3)43-44-34-16-22-38(30(4)28-34)54-42(48)32-13-19-36(20-14-32)50-24-8-10-26-52-40(46)6-2/h5-6,11-22,27-28H,1-2,7-10,23-26H2,3-4H3/b44-43+. The van der Waals surface area contributed by atoms with Gasteiger partial charge in [-0.05, 0) is 136 Å². The molecule has 0 heterocycles. The van der Waals surface area contributed by atoms with Crippen LogP contribution in [0.2, 0.25) is 0 Å². The lowest BCUT2D eigenvalue weighted by Gasteiger charge is -2.10. The van der Waals surface area contributed by atoms with Crippen LogP contribution in [-0.2, 0) is 19.1 Å². The summed E-state index contributed by atoms with van der Waals surface area (Å²) in [5.41, 5.74) is 3.23. The molecule has 4 aromatic rings. The zero-order valence-corrected chi connectivity index (χ0v) is 30.3. The van der Waals surface area contributed by atoms with Gasteiger partial charge in [0.25, 0.3) is 0 Å². The number of aryl methyl sites for hydroxylation is 2. The van der Waals surface area contributed by atoms with E-state index in [1.807, 2.05) is 0 Å². The Labute approximate surface area is 314 Å². The average molecular weight is 735 g/mol. The predicted octanol–water partition coefficient (Wildman–Crippen LogP) is 8.93. The van der Waals surface area contributed by atoms with Gasteiger partial charge in [-0.3, -0.25) is 0 Å². The number of hydrogen-bond acceptors (Lipinski definition) is 12. The summed E-state index contributed by atoms with van der Waals surface area (Å²) in [4.78, 5) is 47.7. The number of benzene rings is 4. The van der Waals surface area contributed by atoms with E-state index in [2.05, 4.69) is 23.4 Å². The van der Waals surface area contributed by atoms with Gasteiger partial charge in [-0.15, -0.1) is 0 Å². The molecule has 0 aromatic heterocycles. The second-order valence-electron chi connectivity index (χ2n) is 11.8. The number of rotatable bonds is 20. The molecule has 0 bridgehead atoms. The first-order chi connectivity index (χ1) is 26.1. The van der Waals surface area contributed by atoms with Crippen LogP contribution < -0.4 is 18.9 Å². The van der Waals surface area contributed by atoms with Gasteiger partial charge in [0.2, 0.25) is 0 Å². The molecule has 12 nitrogen and oxygen atoms in total. The van der Waals surface area contributed by atoms with Crippen LogP contribution in [0.3, 0.4) is 0 Å². The maximum atomic E-state index is 12.8. The first kappa shape index (κ1) is 40.2. The molecule has 0 aliphatic rings. The monoisotopic (exact) mass is 734 g/mol. The van der Waals surface area contributed by atoms with Crippen molar-refractivity contribution in [2.24, 2.45) is 10.2 Å². The summed E-state index contributed by atoms with van der Waals surface area (Å²) in [6, 6.07) is 23.5. The Hall–Kier alpha value is -6.56. The van der Waals surface area contributed by atoms with E-state index in [9.17, 15) is 19.2 Å². The second kappa shape index (κ2) is 21.1. The number of ether oxygens (including phenoxy) is 6. The van der Waals surface area contributed by atoms with E-state index in [-0.39, 0.29) is 0 Å². The van der Waals surface area contributed by atoms with Crippen LogP contribution >= 0.6 is 0 Å². The van der Waals surface area contributed by atoms with Gasteiger partial charge in [0.05, 0.1) is 48.9 Å². The maximum Gasteiger partial charge on any atom is 0.343 e. The minimum Gasteiger partial charge on any atom is -0.494 e. The van der Waals surface area contributed by atoms with Crippen molar-refractivity contribution in [1.82, 2.24) is 0 Å². The van der Waals surface area contributed by atoms with Crippen molar-refractivity contribution >= 4 is 35.3 Å². The van der Waals surface area contributed by atoms with Crippen LogP contribution in [0.25, 0.3) is 0 Å². The molecule has 0 aliphatic heterocycles. The van der Waals surface area contributed by atoms with Crippen molar-refractivity contribution in [3.8, 4) is 23.0 Å². The zero-order valence-electron chi connectivity index (χ0n) is 30.3. The first-order valence-electron chi connectivity index (χ1n) is 17.3. The summed E-state index contributed by atoms with van der Waals surface area (Å²) in [5.74, 6) is 0.0701. The van der Waals surface area contributed by atoms with Crippen LogP contribution in [0.5, 0.6) is 23.0 Å². The molecule has 0 N–H and O–H groups in total. The molecule has 280 valence electrons. The fourth-order valence-electron chi connectivity index (χ4n) is 4.68. The molecule has 4 rings (SSSR count). The Morgan fingerprint density at radius 1 is 0.537 bits per heavy atom. The normalized spacial score (nSPS) is 10.6. The predicted molar refractivity (Wildman–Crippen MR) is 201 cm³/mol. The molecular weight excluding hydrogens is 692 g/mol. The van der Waals surface area contributed by atoms with E-state index in [0.29, 0.717) is 109 Å². The average Bonchev–Trinajstić information content (AvgIpc) is 3.18. The maximum absolute atomic E-state index is 12.8. The molecule has 0 unspecified atom stereocenters. The van der Waals surface area contributed by atoms with Crippen LogP contribution in [0.15, 0.2) is 120 Å². The van der Waals surface area contributed by atoms with Crippen molar-refractivity contribution in [3.05, 3.63) is 132 Å². The first-order valence-corrected chi connectivity index (χ1v) is 17.3. The third kappa shape index (κ3) is 13.2. The number of carbonyl (C=O) groups is 4. The topological polar surface area (TPSA) is 148 Å². The molecule has 0 spiro atoms. The molecule has 0 fully saturated rings. The molecule has 0 aliphatic carbocycles. The molecule has 0 radical (unpaired) electrons. The van der Waals surface area contributed by atoms with E-state index in [1.165, 1.54) is 0 Å². The lowest BCUT2D eigenvalue weighted by Crippen LogP contribution is -2.09. The largest absolute Gasteiger partial charge is 0.494 e. The molecular formula is C42H42N2O10. The summed E-state index contributed by atoms with van der Waals surface area (Å²) in [6.07, 6.45) is 4.97. The van der Waals surface area contributed by atoms with Crippen molar-refractivity contribution < 1.29 is 47.6 Å². The highest BCUT2D eigenvalue weighted by Crippen LogP contribution is 2.29. The van der Waals surface area contributed by atoms with Crippen LogP contribution in [-0.4, -0.2) is 50.3 Å². The number of carbonyl (C=O) groups excluding carboxylic acids is 4. The Morgan fingerprint density at radius 2 is 0.907 bits per heavy atom. The number of hydrogen-bond donors (Lipinski definition) is 0. The quantitative estimate of drug-likeness (QED) is 0.0283. The number of unbranched alkanes of at least 4 members (excludes halogenated alkanes) is 2. The Bertz CT molecular complexity index is 1810. The number of esters is 4. The second-order valence-corrected chi connectivity index (χ2v) is 11.8. The Morgan fingerprint density at radius 3 is 1.26 bits per heavy atom. The van der Waals surface area contributed by atoms with Crippen molar-refractivity contribution in [3.63, 3.8) is 0 Å². The molecule has 4 aromatic carbocycles. The fourth-order valence-corrected chi connectivity index (χ4v) is 4.68. The highest BCUT2D eigenvalue weighted by molar-refractivity contribution is 5.92. The summed E-state index contributed by atoms with van der Waals surface area (Å²) in [6.45, 7) is 11.8. The lowest BCUT2D eigenvalue weighted by molar-refractivity contribution is -0.138. The molecule has 0 saturated heterocycles. The van der Waals surface area contributed by atoms with Gasteiger partial charge in [0.15, 0.2) is 0 Å². The number of nitrogens with zero attached hydrogens (tertiary/aromatic N) is 2. The SMILES string of the molecule is C=CC(=O)OCCCCOc1ccc(C(=O)Oc2ccc(/N=N/c3ccc(OC(=O)c4ccc(OCCCCOC(=O)C=C)cc4)c(C)c3)cc2C)cc1. The van der Waals surface area contributed by atoms with E-state index in [0.717, 1.165) is 12.2 Å². The van der Waals surface area contributed by atoms with E-state index >= 15 is 0 Å². The highest BCUT2D eigenvalue weighted by atomic mass is 16.5. The molecule has 0 saturated carbocycles. The van der Waals surface area contributed by atoms with Crippen molar-refractivity contribution in [2.75, 3.05) is 26.4 Å². The van der Waals surface area contributed by atoms with Gasteiger partial charge in [-0.2, -0.15) is 10.2 Å². The van der Waals surface area contributed by atoms with E-state index in [4.69, 9.17) is 28.4 Å². The van der Waals surface area contributed by atoms with Crippen molar-refractivity contribution in [1.29, 1.82) is 0 Å². The van der Waals surface area contributed by atoms with Gasteiger partial charge >= 0.3 is 23.9 Å². The zero-order chi connectivity index (χ0) is 38.7. The molecule has 54 heavy (non-hydrogen) atoms. The highest BCUT2D eigenvalue weighted by Gasteiger charge is 2.13. The fraction of sp³-hybridized carbons (Fsp3) is 0.238. The Balaban J connectivity index is 1.22. The van der Waals surface area contributed by atoms with Crippen LogP contribution in [0, 0.1) is 13.8 Å². The van der Waals surface area contributed by atoms with Gasteiger partial charge in [0, 0.05) is 12.2 Å². The van der Waals surface area contributed by atoms with Crippen molar-refractivity contribution in [2.45, 2.75) is 39.5 Å². The van der Waals surface area contributed by atoms with Gasteiger partial charge in [-0.25, -0.2) is 19.2 Å². The summed E-state index contributed by atoms with van der Waals surface area (Å²) in [7, 11) is 0. The summed E-state index contributed by atoms with van der Waals surface area (Å²) >= 11 is 0. The third-order valence-electron chi connectivity index (χ3n) is 7.62. The van der Waals surface area contributed by atoms with Gasteiger partial charge in [-0.1, -0.05) is 13.2 Å². The molecule has 0 amide bonds. The van der Waals surface area contributed by atoms with E-state index in [1.54, 1.807) is 98.8 Å². The third-order valence-corrected chi connectivity index (χ3v) is 7.62. The van der Waals surface area contributed by atoms with Crippen LogP contribution in [0.1, 0.15) is 57.5 Å². The Kier molecular flexibility index (Phi) is 15.7. The summed E-state index contributed by atoms with van der Waals surface area (Å²) in [5, 5.41) is 8.63. The van der Waals surface area contributed by atoms with Crippen LogP contribution in [0.4, 0.5) is 11.4 Å². The smallest absolute Gasteiger partial charge is 0.343 e. The molecule has 0 atom stereocenters. The van der Waals surface area contributed by atoms with Gasteiger partial charge in [0.1, 0.15) is 23.0 Å². The van der Waals surface area contributed by atoms with Gasteiger partial charge < -0.3 is 28.4 Å². The lowest BCUT2D eigenvalue weighted by atomic mass is 10.2. The number of azo groups is 1. The molecule has 12 heteroatoms. The summed E-state index contributed by atoms with van der Waals surface area (Å²) < 4.78 is 32.5. The minimum atomic E-state index is -0.515.